The highest BCUT2D eigenvalue weighted by atomic mass is 15.2. The maximum atomic E-state index is 5.17. The Morgan fingerprint density at radius 2 is 1.09 bits per heavy atom. The lowest BCUT2D eigenvalue weighted by Crippen LogP contribution is -2.33. The second-order valence-electron chi connectivity index (χ2n) is 12.3. The summed E-state index contributed by atoms with van der Waals surface area (Å²) >= 11 is 0. The van der Waals surface area contributed by atoms with E-state index in [0.29, 0.717) is 0 Å². The maximum absolute atomic E-state index is 5.17. The van der Waals surface area contributed by atoms with Crippen molar-refractivity contribution in [3.05, 3.63) is 179 Å². The third kappa shape index (κ3) is 4.87. The Bertz CT molecular complexity index is 2090. The van der Waals surface area contributed by atoms with E-state index in [1.54, 1.807) is 0 Å². The lowest BCUT2D eigenvalue weighted by molar-refractivity contribution is 0.655. The van der Waals surface area contributed by atoms with Crippen LogP contribution in [0.25, 0.3) is 33.4 Å². The van der Waals surface area contributed by atoms with Gasteiger partial charge in [0.2, 0.25) is 0 Å². The molecule has 6 aromatic rings. The van der Waals surface area contributed by atoms with E-state index in [-0.39, 0.29) is 11.6 Å². The van der Waals surface area contributed by atoms with Gasteiger partial charge in [-0.25, -0.2) is 9.98 Å². The molecule has 0 bridgehead atoms. The average molecular weight is 580 g/mol. The molecule has 8 rings (SSSR count). The highest BCUT2D eigenvalue weighted by molar-refractivity contribution is 6.13. The highest BCUT2D eigenvalue weighted by Crippen LogP contribution is 2.50. The fourth-order valence-corrected chi connectivity index (χ4v) is 6.71. The first-order valence-electron chi connectivity index (χ1n) is 15.5. The number of nitrogens with zero attached hydrogens (tertiary/aromatic N) is 2. The third-order valence-electron chi connectivity index (χ3n) is 9.14. The monoisotopic (exact) mass is 579 g/mol. The molecule has 0 saturated carbocycles. The van der Waals surface area contributed by atoms with Crippen molar-refractivity contribution in [1.29, 1.82) is 0 Å². The van der Waals surface area contributed by atoms with Crippen molar-refractivity contribution in [3.8, 4) is 33.4 Å². The van der Waals surface area contributed by atoms with Crippen LogP contribution in [0, 0.1) is 0 Å². The van der Waals surface area contributed by atoms with Gasteiger partial charge in [0.1, 0.15) is 12.0 Å². The van der Waals surface area contributed by atoms with Gasteiger partial charge >= 0.3 is 0 Å². The molecule has 1 heterocycles. The number of fused-ring (bicyclic) bond motifs is 3. The molecule has 1 aliphatic heterocycles. The first-order chi connectivity index (χ1) is 22.0. The second kappa shape index (κ2) is 10.9. The summed E-state index contributed by atoms with van der Waals surface area (Å²) in [5, 5.41) is 3.69. The van der Waals surface area contributed by atoms with E-state index < -0.39 is 0 Å². The Hall–Kier alpha value is -5.54. The van der Waals surface area contributed by atoms with Crippen molar-refractivity contribution < 1.29 is 0 Å². The lowest BCUT2D eigenvalue weighted by Gasteiger charge is -2.25. The Balaban J connectivity index is 1.20. The molecule has 1 aliphatic carbocycles. The number of aliphatic imine (C=N–C) groups is 2. The van der Waals surface area contributed by atoms with Gasteiger partial charge in [-0.15, -0.1) is 0 Å². The summed E-state index contributed by atoms with van der Waals surface area (Å²) in [7, 11) is 0. The number of hydrogen-bond donors (Lipinski definition) is 1. The molecule has 45 heavy (non-hydrogen) atoms. The highest BCUT2D eigenvalue weighted by Gasteiger charge is 2.36. The van der Waals surface area contributed by atoms with E-state index in [9.17, 15) is 0 Å². The maximum Gasteiger partial charge on any atom is 0.159 e. The SMILES string of the molecule is CC1(C)c2ccc(C3N=C(c4ccccc4)N=C(c4cccc(-c5ccccc5)c4)N3)cc2-c2ccc(-c3ccccc3)cc21. The van der Waals surface area contributed by atoms with E-state index >= 15 is 0 Å². The summed E-state index contributed by atoms with van der Waals surface area (Å²) in [4.78, 5) is 10.2. The van der Waals surface area contributed by atoms with Crippen LogP contribution in [-0.2, 0) is 5.41 Å². The lowest BCUT2D eigenvalue weighted by atomic mass is 9.81. The molecule has 6 aromatic carbocycles. The van der Waals surface area contributed by atoms with Gasteiger partial charge in [-0.2, -0.15) is 0 Å². The molecule has 216 valence electrons. The van der Waals surface area contributed by atoms with Crippen LogP contribution in [-0.4, -0.2) is 11.7 Å². The van der Waals surface area contributed by atoms with E-state index in [0.717, 1.165) is 33.9 Å². The third-order valence-corrected chi connectivity index (χ3v) is 9.14. The molecule has 3 nitrogen and oxygen atoms in total. The van der Waals surface area contributed by atoms with Crippen LogP contribution in [0.15, 0.2) is 162 Å². The summed E-state index contributed by atoms with van der Waals surface area (Å²) in [5.41, 5.74) is 13.2. The zero-order chi connectivity index (χ0) is 30.4. The fraction of sp³-hybridized carbons (Fsp3) is 0.0952. The van der Waals surface area contributed by atoms with Gasteiger partial charge < -0.3 is 5.32 Å². The molecule has 2 aliphatic rings. The summed E-state index contributed by atoms with van der Waals surface area (Å²) in [6.07, 6.45) is -0.283. The number of nitrogens with one attached hydrogen (secondary N) is 1. The quantitative estimate of drug-likeness (QED) is 0.217. The number of hydrogen-bond acceptors (Lipinski definition) is 3. The molecule has 3 heteroatoms. The molecule has 0 saturated heterocycles. The van der Waals surface area contributed by atoms with Crippen molar-refractivity contribution in [2.45, 2.75) is 25.4 Å². The zero-order valence-electron chi connectivity index (χ0n) is 25.4. The van der Waals surface area contributed by atoms with Crippen molar-refractivity contribution in [2.75, 3.05) is 0 Å². The minimum absolute atomic E-state index is 0.100. The average Bonchev–Trinajstić information content (AvgIpc) is 3.34. The predicted octanol–water partition coefficient (Wildman–Crippen LogP) is 9.82. The van der Waals surface area contributed by atoms with Gasteiger partial charge in [0.05, 0.1) is 0 Å². The van der Waals surface area contributed by atoms with E-state index in [1.165, 1.54) is 38.9 Å². The van der Waals surface area contributed by atoms with Crippen LogP contribution < -0.4 is 5.32 Å². The van der Waals surface area contributed by atoms with E-state index in [2.05, 4.69) is 147 Å². The van der Waals surface area contributed by atoms with Crippen LogP contribution >= 0.6 is 0 Å². The van der Waals surface area contributed by atoms with Gasteiger partial charge in [-0.3, -0.25) is 0 Å². The van der Waals surface area contributed by atoms with Gasteiger partial charge in [0.25, 0.3) is 0 Å². The van der Waals surface area contributed by atoms with Gasteiger partial charge in [-0.05, 0) is 68.3 Å². The zero-order valence-corrected chi connectivity index (χ0v) is 25.4. The first kappa shape index (κ1) is 27.0. The molecule has 0 radical (unpaired) electrons. The normalized spacial score (nSPS) is 16.2. The standard InChI is InChI=1S/C42H33N3/c1-42(2)37-24-22-34(26-36(37)35-23-21-32(27-38(35)42)29-15-8-4-9-16-29)41-44-39(30-17-10-5-11-18-30)43-40(45-41)33-20-12-19-31(25-33)28-13-6-3-7-14-28/h3-27,41H,1-2H3,(H,43,44,45). The molecule has 1 N–H and O–H groups in total. The first-order valence-corrected chi connectivity index (χ1v) is 15.5. The second-order valence-corrected chi connectivity index (χ2v) is 12.3. The Morgan fingerprint density at radius 1 is 0.489 bits per heavy atom. The molecular weight excluding hydrogens is 546 g/mol. The molecule has 0 spiro atoms. The van der Waals surface area contributed by atoms with Crippen LogP contribution in [0.5, 0.6) is 0 Å². The summed E-state index contributed by atoms with van der Waals surface area (Å²) in [6.45, 7) is 4.67. The number of benzene rings is 6. The Labute approximate surface area is 264 Å². The van der Waals surface area contributed by atoms with Crippen molar-refractivity contribution in [1.82, 2.24) is 5.32 Å². The van der Waals surface area contributed by atoms with Crippen molar-refractivity contribution in [3.63, 3.8) is 0 Å². The smallest absolute Gasteiger partial charge is 0.159 e. The van der Waals surface area contributed by atoms with Gasteiger partial charge in [-0.1, -0.05) is 147 Å². The fourth-order valence-electron chi connectivity index (χ4n) is 6.71. The number of rotatable bonds is 5. The molecule has 1 unspecified atom stereocenters. The Morgan fingerprint density at radius 3 is 1.78 bits per heavy atom. The van der Waals surface area contributed by atoms with Crippen molar-refractivity contribution >= 4 is 11.7 Å². The molecule has 0 aromatic heterocycles. The number of amidine groups is 2. The van der Waals surface area contributed by atoms with Crippen molar-refractivity contribution in [2.24, 2.45) is 9.98 Å². The van der Waals surface area contributed by atoms with E-state index in [4.69, 9.17) is 9.98 Å². The molecule has 1 atom stereocenters. The summed E-state index contributed by atoms with van der Waals surface area (Å²) in [5.74, 6) is 1.55. The van der Waals surface area contributed by atoms with Crippen LogP contribution in [0.2, 0.25) is 0 Å². The summed E-state index contributed by atoms with van der Waals surface area (Å²) < 4.78 is 0. The van der Waals surface area contributed by atoms with Crippen LogP contribution in [0.4, 0.5) is 0 Å². The van der Waals surface area contributed by atoms with E-state index in [1.807, 2.05) is 24.3 Å². The largest absolute Gasteiger partial charge is 0.344 e. The molecule has 0 fully saturated rings. The topological polar surface area (TPSA) is 36.8 Å². The summed E-state index contributed by atoms with van der Waals surface area (Å²) in [6, 6.07) is 53.7. The van der Waals surface area contributed by atoms with Gasteiger partial charge in [0, 0.05) is 16.5 Å². The van der Waals surface area contributed by atoms with Crippen LogP contribution in [0.3, 0.4) is 0 Å². The van der Waals surface area contributed by atoms with Gasteiger partial charge in [0.15, 0.2) is 5.84 Å². The molecular formula is C42H33N3. The molecule has 0 amide bonds. The predicted molar refractivity (Wildman–Crippen MR) is 187 cm³/mol. The Kier molecular flexibility index (Phi) is 6.53. The van der Waals surface area contributed by atoms with Crippen LogP contribution in [0.1, 0.15) is 47.8 Å². The minimum atomic E-state index is -0.283. The minimum Gasteiger partial charge on any atom is -0.344 e.